The fraction of sp³-hybridized carbons (Fsp3) is 0.312. The van der Waals surface area contributed by atoms with E-state index in [9.17, 15) is 4.39 Å². The van der Waals surface area contributed by atoms with E-state index in [1.54, 1.807) is 18.3 Å². The summed E-state index contributed by atoms with van der Waals surface area (Å²) in [6.45, 7) is 2.87. The summed E-state index contributed by atoms with van der Waals surface area (Å²) in [4.78, 5) is 3.80. The fourth-order valence-electron chi connectivity index (χ4n) is 2.21. The van der Waals surface area contributed by atoms with Gasteiger partial charge in [-0.3, -0.25) is 4.98 Å². The maximum atomic E-state index is 14.0. The van der Waals surface area contributed by atoms with Gasteiger partial charge in [0.15, 0.2) is 0 Å². The van der Waals surface area contributed by atoms with Gasteiger partial charge in [-0.25, -0.2) is 4.39 Å². The highest BCUT2D eigenvalue weighted by molar-refractivity contribution is 6.42. The van der Waals surface area contributed by atoms with Gasteiger partial charge in [-0.2, -0.15) is 0 Å². The van der Waals surface area contributed by atoms with Crippen LogP contribution in [-0.2, 0) is 6.42 Å². The Balaban J connectivity index is 2.28. The van der Waals surface area contributed by atoms with Gasteiger partial charge >= 0.3 is 0 Å². The minimum Gasteiger partial charge on any atom is -0.310 e. The highest BCUT2D eigenvalue weighted by atomic mass is 35.5. The molecular weight excluding hydrogens is 310 g/mol. The lowest BCUT2D eigenvalue weighted by molar-refractivity contribution is 0.495. The first-order valence-corrected chi connectivity index (χ1v) is 7.64. The van der Waals surface area contributed by atoms with Crippen LogP contribution in [0.2, 0.25) is 10.0 Å². The van der Waals surface area contributed by atoms with Crippen molar-refractivity contribution in [2.75, 3.05) is 6.54 Å². The van der Waals surface area contributed by atoms with Crippen LogP contribution in [0.25, 0.3) is 0 Å². The van der Waals surface area contributed by atoms with Gasteiger partial charge in [0, 0.05) is 17.8 Å². The Hall–Kier alpha value is -1.16. The second-order valence-corrected chi connectivity index (χ2v) is 5.61. The third-order valence-electron chi connectivity index (χ3n) is 3.28. The molecule has 2 rings (SSSR count). The van der Waals surface area contributed by atoms with E-state index in [2.05, 4.69) is 17.2 Å². The van der Waals surface area contributed by atoms with Gasteiger partial charge in [-0.1, -0.05) is 42.3 Å². The standard InChI is InChI=1S/C16H17Cl2FN2/c1-2-7-21-15(12-6-8-20-10-14(12)19)9-11-4-3-5-13(17)16(11)18/h3-6,8,10,15,21H,2,7,9H2,1H3. The van der Waals surface area contributed by atoms with E-state index < -0.39 is 0 Å². The van der Waals surface area contributed by atoms with Gasteiger partial charge < -0.3 is 5.32 Å². The molecule has 112 valence electrons. The van der Waals surface area contributed by atoms with Crippen LogP contribution in [-0.4, -0.2) is 11.5 Å². The summed E-state index contributed by atoms with van der Waals surface area (Å²) in [5.41, 5.74) is 1.49. The number of hydrogen-bond donors (Lipinski definition) is 1. The van der Waals surface area contributed by atoms with Gasteiger partial charge in [-0.15, -0.1) is 0 Å². The third kappa shape index (κ3) is 4.16. The maximum absolute atomic E-state index is 14.0. The Bertz CT molecular complexity index is 605. The van der Waals surface area contributed by atoms with Crippen molar-refractivity contribution in [1.29, 1.82) is 0 Å². The van der Waals surface area contributed by atoms with Crippen LogP contribution in [0.4, 0.5) is 4.39 Å². The van der Waals surface area contributed by atoms with E-state index in [-0.39, 0.29) is 11.9 Å². The van der Waals surface area contributed by atoms with Gasteiger partial charge in [0.25, 0.3) is 0 Å². The molecule has 2 aromatic rings. The summed E-state index contributed by atoms with van der Waals surface area (Å²) in [6.07, 6.45) is 4.36. The lowest BCUT2D eigenvalue weighted by atomic mass is 9.99. The van der Waals surface area contributed by atoms with E-state index in [0.717, 1.165) is 18.5 Å². The SMILES string of the molecule is CCCNC(Cc1cccc(Cl)c1Cl)c1ccncc1F. The zero-order valence-corrected chi connectivity index (χ0v) is 13.3. The average Bonchev–Trinajstić information content (AvgIpc) is 2.48. The van der Waals surface area contributed by atoms with Crippen LogP contribution < -0.4 is 5.32 Å². The molecule has 1 aromatic carbocycles. The second kappa shape index (κ2) is 7.74. The largest absolute Gasteiger partial charge is 0.310 e. The Morgan fingerprint density at radius 1 is 1.29 bits per heavy atom. The molecule has 0 radical (unpaired) electrons. The number of nitrogens with one attached hydrogen (secondary N) is 1. The molecule has 0 aliphatic carbocycles. The molecule has 0 spiro atoms. The Morgan fingerprint density at radius 3 is 2.81 bits per heavy atom. The van der Waals surface area contributed by atoms with Crippen LogP contribution in [0, 0.1) is 5.82 Å². The van der Waals surface area contributed by atoms with Crippen LogP contribution in [0.3, 0.4) is 0 Å². The maximum Gasteiger partial charge on any atom is 0.146 e. The van der Waals surface area contributed by atoms with Crippen LogP contribution in [0.1, 0.15) is 30.5 Å². The number of hydrogen-bond acceptors (Lipinski definition) is 2. The van der Waals surface area contributed by atoms with Crippen molar-refractivity contribution in [2.24, 2.45) is 0 Å². The first-order valence-electron chi connectivity index (χ1n) is 6.89. The molecule has 1 atom stereocenters. The summed E-state index contributed by atoms with van der Waals surface area (Å²) in [7, 11) is 0. The molecule has 21 heavy (non-hydrogen) atoms. The number of benzene rings is 1. The number of pyridine rings is 1. The molecule has 1 aromatic heterocycles. The molecule has 0 aliphatic heterocycles. The summed E-state index contributed by atoms with van der Waals surface area (Å²) < 4.78 is 14.0. The van der Waals surface area contributed by atoms with Gasteiger partial charge in [-0.05, 0) is 37.1 Å². The molecule has 1 heterocycles. The van der Waals surface area contributed by atoms with E-state index in [1.165, 1.54) is 6.20 Å². The van der Waals surface area contributed by atoms with Crippen molar-refractivity contribution < 1.29 is 4.39 Å². The molecule has 2 nitrogen and oxygen atoms in total. The van der Waals surface area contributed by atoms with Crippen LogP contribution >= 0.6 is 23.2 Å². The third-order valence-corrected chi connectivity index (χ3v) is 4.13. The number of halogens is 3. The molecule has 0 saturated heterocycles. The van der Waals surface area contributed by atoms with Crippen molar-refractivity contribution in [2.45, 2.75) is 25.8 Å². The number of aromatic nitrogens is 1. The predicted molar refractivity (Wildman–Crippen MR) is 85.4 cm³/mol. The normalized spacial score (nSPS) is 12.4. The Labute approximate surface area is 134 Å². The monoisotopic (exact) mass is 326 g/mol. The van der Waals surface area contributed by atoms with Crippen molar-refractivity contribution in [3.05, 3.63) is 63.6 Å². The summed E-state index contributed by atoms with van der Waals surface area (Å²) >= 11 is 12.3. The summed E-state index contributed by atoms with van der Waals surface area (Å²) in [5, 5.41) is 4.39. The molecule has 1 unspecified atom stereocenters. The molecule has 1 N–H and O–H groups in total. The van der Waals surface area contributed by atoms with Crippen LogP contribution in [0.15, 0.2) is 36.7 Å². The summed E-state index contributed by atoms with van der Waals surface area (Å²) in [6, 6.07) is 7.04. The topological polar surface area (TPSA) is 24.9 Å². The lowest BCUT2D eigenvalue weighted by Gasteiger charge is -2.20. The van der Waals surface area contributed by atoms with E-state index in [0.29, 0.717) is 22.0 Å². The number of rotatable bonds is 6. The first kappa shape index (κ1) is 16.2. The molecule has 0 saturated carbocycles. The number of nitrogens with zero attached hydrogens (tertiary/aromatic N) is 1. The van der Waals surface area contributed by atoms with Crippen molar-refractivity contribution in [1.82, 2.24) is 10.3 Å². The predicted octanol–water partition coefficient (Wildman–Crippen LogP) is 4.81. The average molecular weight is 327 g/mol. The van der Waals surface area contributed by atoms with Crippen molar-refractivity contribution in [3.8, 4) is 0 Å². The van der Waals surface area contributed by atoms with Gasteiger partial charge in [0.05, 0.1) is 16.2 Å². The first-order chi connectivity index (χ1) is 10.1. The van der Waals surface area contributed by atoms with E-state index in [4.69, 9.17) is 23.2 Å². The summed E-state index contributed by atoms with van der Waals surface area (Å²) in [5.74, 6) is -0.316. The molecule has 0 aliphatic rings. The van der Waals surface area contributed by atoms with Gasteiger partial charge in [0.1, 0.15) is 5.82 Å². The zero-order chi connectivity index (χ0) is 15.2. The Kier molecular flexibility index (Phi) is 5.97. The molecule has 5 heteroatoms. The Morgan fingerprint density at radius 2 is 2.10 bits per heavy atom. The van der Waals surface area contributed by atoms with E-state index >= 15 is 0 Å². The second-order valence-electron chi connectivity index (χ2n) is 4.82. The van der Waals surface area contributed by atoms with Crippen molar-refractivity contribution in [3.63, 3.8) is 0 Å². The minimum atomic E-state index is -0.316. The highest BCUT2D eigenvalue weighted by Gasteiger charge is 2.17. The van der Waals surface area contributed by atoms with E-state index in [1.807, 2.05) is 12.1 Å². The van der Waals surface area contributed by atoms with Crippen LogP contribution in [0.5, 0.6) is 0 Å². The van der Waals surface area contributed by atoms with Crippen molar-refractivity contribution >= 4 is 23.2 Å². The molecule has 0 fully saturated rings. The lowest BCUT2D eigenvalue weighted by Crippen LogP contribution is -2.25. The van der Waals surface area contributed by atoms with Gasteiger partial charge in [0.2, 0.25) is 0 Å². The highest BCUT2D eigenvalue weighted by Crippen LogP contribution is 2.29. The molecule has 0 bridgehead atoms. The molecular formula is C16H17Cl2FN2. The smallest absolute Gasteiger partial charge is 0.146 e. The fourth-order valence-corrected chi connectivity index (χ4v) is 2.60. The zero-order valence-electron chi connectivity index (χ0n) is 11.7. The minimum absolute atomic E-state index is 0.163. The molecule has 0 amide bonds. The quantitative estimate of drug-likeness (QED) is 0.823.